The molecule has 1 aromatic rings. The van der Waals surface area contributed by atoms with Crippen molar-refractivity contribution in [3.8, 4) is 0 Å². The van der Waals surface area contributed by atoms with Crippen molar-refractivity contribution in [1.29, 1.82) is 0 Å². The van der Waals surface area contributed by atoms with E-state index >= 15 is 0 Å². The van der Waals surface area contributed by atoms with Crippen LogP contribution in [0.3, 0.4) is 0 Å². The first-order valence-corrected chi connectivity index (χ1v) is 4.55. The lowest BCUT2D eigenvalue weighted by Crippen LogP contribution is -2.13. The molecule has 5 nitrogen and oxygen atoms in total. The van der Waals surface area contributed by atoms with E-state index in [1.54, 1.807) is 0 Å². The zero-order valence-electron chi connectivity index (χ0n) is 8.51. The van der Waals surface area contributed by atoms with Gasteiger partial charge in [-0.15, -0.1) is 0 Å². The SMILES string of the molecule is CCC(C)c1c(NC(C)=O)o[nH]c1=O. The molecular formula is C9H14N2O3. The van der Waals surface area contributed by atoms with Crippen molar-refractivity contribution in [1.82, 2.24) is 5.16 Å². The van der Waals surface area contributed by atoms with Crippen molar-refractivity contribution in [2.75, 3.05) is 5.32 Å². The van der Waals surface area contributed by atoms with E-state index in [2.05, 4.69) is 10.5 Å². The van der Waals surface area contributed by atoms with Gasteiger partial charge in [-0.2, -0.15) is 5.16 Å². The lowest BCUT2D eigenvalue weighted by Gasteiger charge is -2.05. The van der Waals surface area contributed by atoms with Crippen LogP contribution in [-0.2, 0) is 4.79 Å². The van der Waals surface area contributed by atoms with Gasteiger partial charge in [-0.05, 0) is 12.3 Å². The summed E-state index contributed by atoms with van der Waals surface area (Å²) in [5.74, 6) is 0.0495. The highest BCUT2D eigenvalue weighted by atomic mass is 16.5. The maximum Gasteiger partial charge on any atom is 0.285 e. The van der Waals surface area contributed by atoms with Gasteiger partial charge in [0.15, 0.2) is 0 Å². The lowest BCUT2D eigenvalue weighted by atomic mass is 10.0. The van der Waals surface area contributed by atoms with E-state index < -0.39 is 0 Å². The predicted octanol–water partition coefficient (Wildman–Crippen LogP) is 1.44. The van der Waals surface area contributed by atoms with Gasteiger partial charge in [0.05, 0.1) is 5.56 Å². The molecule has 0 aliphatic heterocycles. The zero-order chi connectivity index (χ0) is 10.7. The third-order valence-corrected chi connectivity index (χ3v) is 2.13. The number of anilines is 1. The standard InChI is InChI=1S/C9H14N2O3/c1-4-5(2)7-8(13)11-14-9(7)10-6(3)12/h5H,4H2,1-3H3,(H,10,12)(H,11,13). The van der Waals surface area contributed by atoms with Gasteiger partial charge in [0, 0.05) is 6.92 Å². The summed E-state index contributed by atoms with van der Waals surface area (Å²) in [5.41, 5.74) is 0.228. The monoisotopic (exact) mass is 198 g/mol. The first-order chi connectivity index (χ1) is 6.56. The number of carbonyl (C=O) groups excluding carboxylic acids is 1. The second-order valence-electron chi connectivity index (χ2n) is 3.27. The molecule has 1 rings (SSSR count). The van der Waals surface area contributed by atoms with Crippen LogP contribution in [0.5, 0.6) is 0 Å². The van der Waals surface area contributed by atoms with Crippen molar-refractivity contribution in [3.63, 3.8) is 0 Å². The average molecular weight is 198 g/mol. The Morgan fingerprint density at radius 2 is 2.29 bits per heavy atom. The third-order valence-electron chi connectivity index (χ3n) is 2.13. The Labute approximate surface area is 81.5 Å². The molecule has 0 aliphatic carbocycles. The quantitative estimate of drug-likeness (QED) is 0.771. The predicted molar refractivity (Wildman–Crippen MR) is 52.3 cm³/mol. The van der Waals surface area contributed by atoms with Crippen LogP contribution in [0.1, 0.15) is 38.7 Å². The highest BCUT2D eigenvalue weighted by Crippen LogP contribution is 2.22. The van der Waals surface area contributed by atoms with Crippen LogP contribution >= 0.6 is 0 Å². The van der Waals surface area contributed by atoms with Gasteiger partial charge in [0.1, 0.15) is 0 Å². The Morgan fingerprint density at radius 1 is 1.64 bits per heavy atom. The number of hydrogen-bond acceptors (Lipinski definition) is 3. The number of aromatic amines is 1. The lowest BCUT2D eigenvalue weighted by molar-refractivity contribution is -0.114. The van der Waals surface area contributed by atoms with Crippen molar-refractivity contribution < 1.29 is 9.32 Å². The topological polar surface area (TPSA) is 75.1 Å². The van der Waals surface area contributed by atoms with Crippen molar-refractivity contribution in [2.45, 2.75) is 33.1 Å². The van der Waals surface area contributed by atoms with Gasteiger partial charge in [0.25, 0.3) is 5.56 Å². The number of rotatable bonds is 3. The minimum Gasteiger partial charge on any atom is -0.360 e. The van der Waals surface area contributed by atoms with Crippen LogP contribution in [-0.4, -0.2) is 11.1 Å². The molecule has 0 saturated heterocycles. The molecule has 78 valence electrons. The molecule has 0 radical (unpaired) electrons. The molecule has 1 amide bonds. The second kappa shape index (κ2) is 4.13. The van der Waals surface area contributed by atoms with E-state index in [-0.39, 0.29) is 23.3 Å². The van der Waals surface area contributed by atoms with E-state index in [1.165, 1.54) is 6.92 Å². The summed E-state index contributed by atoms with van der Waals surface area (Å²) in [6.07, 6.45) is 0.815. The summed E-state index contributed by atoms with van der Waals surface area (Å²) in [4.78, 5) is 22.1. The van der Waals surface area contributed by atoms with Gasteiger partial charge in [0.2, 0.25) is 11.8 Å². The Balaban J connectivity index is 3.06. The van der Waals surface area contributed by atoms with E-state index in [0.717, 1.165) is 6.42 Å². The number of aromatic nitrogens is 1. The fourth-order valence-electron chi connectivity index (χ4n) is 1.21. The molecule has 1 unspecified atom stereocenters. The number of H-pyrrole nitrogens is 1. The fourth-order valence-corrected chi connectivity index (χ4v) is 1.21. The molecular weight excluding hydrogens is 184 g/mol. The van der Waals surface area contributed by atoms with E-state index in [0.29, 0.717) is 5.56 Å². The molecule has 0 fully saturated rings. The maximum atomic E-state index is 11.3. The van der Waals surface area contributed by atoms with Gasteiger partial charge in [-0.3, -0.25) is 14.9 Å². The Bertz CT molecular complexity index is 378. The first-order valence-electron chi connectivity index (χ1n) is 4.55. The summed E-state index contributed by atoms with van der Waals surface area (Å²) in [5, 5.41) is 4.69. The van der Waals surface area contributed by atoms with Crippen LogP contribution in [0, 0.1) is 0 Å². The molecule has 1 atom stereocenters. The molecule has 14 heavy (non-hydrogen) atoms. The van der Waals surface area contributed by atoms with Gasteiger partial charge in [-0.1, -0.05) is 13.8 Å². The number of nitrogens with one attached hydrogen (secondary N) is 2. The van der Waals surface area contributed by atoms with Crippen molar-refractivity contribution in [3.05, 3.63) is 15.9 Å². The van der Waals surface area contributed by atoms with Gasteiger partial charge >= 0.3 is 0 Å². The van der Waals surface area contributed by atoms with Crippen LogP contribution < -0.4 is 10.9 Å². The van der Waals surface area contributed by atoms with Crippen LogP contribution in [0.4, 0.5) is 5.88 Å². The molecule has 0 spiro atoms. The van der Waals surface area contributed by atoms with Crippen molar-refractivity contribution >= 4 is 11.8 Å². The second-order valence-corrected chi connectivity index (χ2v) is 3.27. The van der Waals surface area contributed by atoms with Crippen LogP contribution in [0.2, 0.25) is 0 Å². The first kappa shape index (κ1) is 10.6. The molecule has 5 heteroatoms. The summed E-state index contributed by atoms with van der Waals surface area (Å²) in [7, 11) is 0. The maximum absolute atomic E-state index is 11.3. The smallest absolute Gasteiger partial charge is 0.285 e. The van der Waals surface area contributed by atoms with E-state index in [1.807, 2.05) is 13.8 Å². The van der Waals surface area contributed by atoms with Gasteiger partial charge in [-0.25, -0.2) is 0 Å². The normalized spacial score (nSPS) is 12.5. The fraction of sp³-hybridized carbons (Fsp3) is 0.556. The van der Waals surface area contributed by atoms with Crippen LogP contribution in [0.25, 0.3) is 0 Å². The minimum atomic E-state index is -0.275. The highest BCUT2D eigenvalue weighted by molar-refractivity contribution is 5.87. The van der Waals surface area contributed by atoms with Crippen molar-refractivity contribution in [2.24, 2.45) is 0 Å². The molecule has 1 heterocycles. The van der Waals surface area contributed by atoms with Gasteiger partial charge < -0.3 is 4.52 Å². The zero-order valence-corrected chi connectivity index (χ0v) is 8.51. The molecule has 2 N–H and O–H groups in total. The largest absolute Gasteiger partial charge is 0.360 e. The summed E-state index contributed by atoms with van der Waals surface area (Å²) in [6.45, 7) is 5.24. The minimum absolute atomic E-state index is 0.0688. The molecule has 0 bridgehead atoms. The number of amides is 1. The van der Waals surface area contributed by atoms with Crippen LogP contribution in [0.15, 0.2) is 9.32 Å². The number of carbonyl (C=O) groups is 1. The summed E-state index contributed by atoms with van der Waals surface area (Å²) in [6, 6.07) is 0. The van der Waals surface area contributed by atoms with E-state index in [4.69, 9.17) is 4.52 Å². The number of hydrogen-bond donors (Lipinski definition) is 2. The Hall–Kier alpha value is -1.52. The summed E-state index contributed by atoms with van der Waals surface area (Å²) >= 11 is 0. The third kappa shape index (κ3) is 2.04. The Morgan fingerprint density at radius 3 is 2.79 bits per heavy atom. The molecule has 0 aromatic carbocycles. The molecule has 0 saturated carbocycles. The summed E-state index contributed by atoms with van der Waals surface area (Å²) < 4.78 is 4.86. The van der Waals surface area contributed by atoms with E-state index in [9.17, 15) is 9.59 Å². The molecule has 0 aliphatic rings. The average Bonchev–Trinajstić information content (AvgIpc) is 2.45. The molecule has 1 aromatic heterocycles. The highest BCUT2D eigenvalue weighted by Gasteiger charge is 2.18. The Kier molecular flexibility index (Phi) is 3.11.